The van der Waals surface area contributed by atoms with Gasteiger partial charge in [-0.1, -0.05) is 0 Å². The zero-order chi connectivity index (χ0) is 13.2. The largest absolute Gasteiger partial charge is 0.573 e. The maximum absolute atomic E-state index is 12.0. The Morgan fingerprint density at radius 2 is 2.12 bits per heavy atom. The minimum Gasteiger partial charge on any atom is -0.403 e. The Bertz CT molecular complexity index is 507. The number of halogens is 3. The van der Waals surface area contributed by atoms with Crippen LogP contribution in [0, 0.1) is 11.3 Å². The van der Waals surface area contributed by atoms with E-state index < -0.39 is 35.1 Å². The lowest BCUT2D eigenvalue weighted by atomic mass is 10.2. The number of amides is 1. The number of alkyl halides is 3. The van der Waals surface area contributed by atoms with Gasteiger partial charge in [0.15, 0.2) is 17.1 Å². The van der Waals surface area contributed by atoms with Gasteiger partial charge in [-0.25, -0.2) is 4.98 Å². The molecule has 0 spiro atoms. The summed E-state index contributed by atoms with van der Waals surface area (Å²) < 4.78 is 39.4. The van der Waals surface area contributed by atoms with Crippen LogP contribution in [0.1, 0.15) is 16.2 Å². The SMILES string of the molecule is N#Cc1nc(C(N)=O)c(N)cc1OC(F)(F)F. The molecule has 0 aliphatic rings. The van der Waals surface area contributed by atoms with E-state index in [2.05, 4.69) is 9.72 Å². The third kappa shape index (κ3) is 2.97. The standard InChI is InChI=1S/C8H5F3N4O2/c9-8(10,11)17-5-1-3(13)6(7(14)16)15-4(5)2-12/h1H,13H2,(H2,14,16). The van der Waals surface area contributed by atoms with E-state index in [0.717, 1.165) is 0 Å². The molecule has 0 radical (unpaired) electrons. The van der Waals surface area contributed by atoms with E-state index in [9.17, 15) is 18.0 Å². The number of hydrogen-bond acceptors (Lipinski definition) is 5. The van der Waals surface area contributed by atoms with Gasteiger partial charge in [0.1, 0.15) is 6.07 Å². The number of rotatable bonds is 2. The van der Waals surface area contributed by atoms with Crippen molar-refractivity contribution in [2.45, 2.75) is 6.36 Å². The van der Waals surface area contributed by atoms with Crippen LogP contribution >= 0.6 is 0 Å². The fourth-order valence-electron chi connectivity index (χ4n) is 0.989. The highest BCUT2D eigenvalue weighted by atomic mass is 19.4. The van der Waals surface area contributed by atoms with Gasteiger partial charge in [0.05, 0.1) is 5.69 Å². The first-order valence-corrected chi connectivity index (χ1v) is 4.00. The summed E-state index contributed by atoms with van der Waals surface area (Å²) in [6.07, 6.45) is -4.99. The number of hydrogen-bond donors (Lipinski definition) is 2. The van der Waals surface area contributed by atoms with E-state index in [-0.39, 0.29) is 0 Å². The van der Waals surface area contributed by atoms with Gasteiger partial charge in [-0.05, 0) is 0 Å². The number of ether oxygens (including phenoxy) is 1. The van der Waals surface area contributed by atoms with Crippen molar-refractivity contribution in [2.24, 2.45) is 5.73 Å². The molecule has 1 rings (SSSR count). The highest BCUT2D eigenvalue weighted by Crippen LogP contribution is 2.27. The molecule has 4 N–H and O–H groups in total. The number of aromatic nitrogens is 1. The van der Waals surface area contributed by atoms with Crippen molar-refractivity contribution in [3.8, 4) is 11.8 Å². The van der Waals surface area contributed by atoms with Crippen LogP contribution in [-0.2, 0) is 0 Å². The lowest BCUT2D eigenvalue weighted by molar-refractivity contribution is -0.274. The molecule has 0 fully saturated rings. The summed E-state index contributed by atoms with van der Waals surface area (Å²) in [5.74, 6) is -1.94. The van der Waals surface area contributed by atoms with Gasteiger partial charge in [0.2, 0.25) is 0 Å². The molecule has 1 amide bonds. The molecular weight excluding hydrogens is 241 g/mol. The molecule has 1 aromatic heterocycles. The number of primary amides is 1. The summed E-state index contributed by atoms with van der Waals surface area (Å²) in [4.78, 5) is 14.1. The van der Waals surface area contributed by atoms with Crippen LogP contribution in [0.25, 0.3) is 0 Å². The maximum atomic E-state index is 12.0. The number of nitrogens with zero attached hydrogens (tertiary/aromatic N) is 2. The molecule has 6 nitrogen and oxygen atoms in total. The van der Waals surface area contributed by atoms with Crippen molar-refractivity contribution < 1.29 is 22.7 Å². The van der Waals surface area contributed by atoms with Crippen LogP contribution in [0.4, 0.5) is 18.9 Å². The lowest BCUT2D eigenvalue weighted by Gasteiger charge is -2.11. The van der Waals surface area contributed by atoms with Gasteiger partial charge in [0.25, 0.3) is 5.91 Å². The summed E-state index contributed by atoms with van der Waals surface area (Å²) >= 11 is 0. The van der Waals surface area contributed by atoms with Crippen molar-refractivity contribution in [3.63, 3.8) is 0 Å². The molecule has 0 unspecified atom stereocenters. The summed E-state index contributed by atoms with van der Waals surface area (Å²) in [6, 6.07) is 2.01. The molecule has 1 aromatic rings. The van der Waals surface area contributed by atoms with Crippen molar-refractivity contribution in [2.75, 3.05) is 5.73 Å². The van der Waals surface area contributed by atoms with E-state index in [1.54, 1.807) is 0 Å². The number of carbonyl (C=O) groups excluding carboxylic acids is 1. The van der Waals surface area contributed by atoms with E-state index in [0.29, 0.717) is 6.07 Å². The molecule has 9 heteroatoms. The van der Waals surface area contributed by atoms with Crippen molar-refractivity contribution >= 4 is 11.6 Å². The quantitative estimate of drug-likeness (QED) is 0.789. The maximum Gasteiger partial charge on any atom is 0.573 e. The molecule has 0 aromatic carbocycles. The van der Waals surface area contributed by atoms with E-state index >= 15 is 0 Å². The first-order chi connectivity index (χ1) is 7.74. The second-order valence-electron chi connectivity index (χ2n) is 2.80. The van der Waals surface area contributed by atoms with Crippen molar-refractivity contribution in [3.05, 3.63) is 17.5 Å². The van der Waals surface area contributed by atoms with Crippen LogP contribution in [0.2, 0.25) is 0 Å². The molecule has 0 aliphatic carbocycles. The molecule has 90 valence electrons. The second-order valence-corrected chi connectivity index (χ2v) is 2.80. The van der Waals surface area contributed by atoms with E-state index in [1.807, 2.05) is 0 Å². The van der Waals surface area contributed by atoms with Crippen LogP contribution in [-0.4, -0.2) is 17.3 Å². The summed E-state index contributed by atoms with van der Waals surface area (Å²) in [5, 5.41) is 8.56. The first kappa shape index (κ1) is 12.6. The molecule has 0 saturated carbocycles. The Kier molecular flexibility index (Phi) is 3.08. The fourth-order valence-corrected chi connectivity index (χ4v) is 0.989. The van der Waals surface area contributed by atoms with Gasteiger partial charge in [-0.2, -0.15) is 5.26 Å². The average Bonchev–Trinajstić information content (AvgIpc) is 2.14. The highest BCUT2D eigenvalue weighted by molar-refractivity contribution is 5.96. The summed E-state index contributed by atoms with van der Waals surface area (Å²) in [5.41, 5.74) is 8.48. The monoisotopic (exact) mass is 246 g/mol. The minimum absolute atomic E-state index is 0.407. The predicted molar refractivity (Wildman–Crippen MR) is 48.6 cm³/mol. The Morgan fingerprint density at radius 3 is 2.53 bits per heavy atom. The molecule has 0 saturated heterocycles. The zero-order valence-corrected chi connectivity index (χ0v) is 8.08. The van der Waals surface area contributed by atoms with E-state index in [4.69, 9.17) is 16.7 Å². The number of nitrogen functional groups attached to an aromatic ring is 1. The average molecular weight is 246 g/mol. The number of nitriles is 1. The normalized spacial score (nSPS) is 10.7. The predicted octanol–water partition coefficient (Wildman–Crippen LogP) is 0.533. The fraction of sp³-hybridized carbons (Fsp3) is 0.125. The third-order valence-corrected chi connectivity index (χ3v) is 1.58. The molecule has 0 bridgehead atoms. The van der Waals surface area contributed by atoms with Gasteiger partial charge in [-0.3, -0.25) is 4.79 Å². The Morgan fingerprint density at radius 1 is 1.53 bits per heavy atom. The van der Waals surface area contributed by atoms with Crippen LogP contribution < -0.4 is 16.2 Å². The molecule has 0 aliphatic heterocycles. The Balaban J connectivity index is 3.30. The Labute approximate surface area is 92.6 Å². The molecule has 17 heavy (non-hydrogen) atoms. The topological polar surface area (TPSA) is 115 Å². The highest BCUT2D eigenvalue weighted by Gasteiger charge is 2.33. The van der Waals surface area contributed by atoms with Gasteiger partial charge < -0.3 is 16.2 Å². The number of carbonyl (C=O) groups is 1. The van der Waals surface area contributed by atoms with Gasteiger partial charge >= 0.3 is 6.36 Å². The second kappa shape index (κ2) is 4.17. The molecular formula is C8H5F3N4O2. The molecule has 0 atom stereocenters. The van der Waals surface area contributed by atoms with Crippen molar-refractivity contribution in [1.82, 2.24) is 4.98 Å². The summed E-state index contributed by atoms with van der Waals surface area (Å²) in [7, 11) is 0. The van der Waals surface area contributed by atoms with Crippen molar-refractivity contribution in [1.29, 1.82) is 5.26 Å². The zero-order valence-electron chi connectivity index (χ0n) is 8.08. The van der Waals surface area contributed by atoms with Gasteiger partial charge in [-0.15, -0.1) is 13.2 Å². The third-order valence-electron chi connectivity index (χ3n) is 1.58. The molecule has 1 heterocycles. The van der Waals surface area contributed by atoms with E-state index in [1.165, 1.54) is 6.07 Å². The summed E-state index contributed by atoms with van der Waals surface area (Å²) in [6.45, 7) is 0. The van der Waals surface area contributed by atoms with Crippen LogP contribution in [0.15, 0.2) is 6.07 Å². The smallest absolute Gasteiger partial charge is 0.403 e. The minimum atomic E-state index is -4.99. The first-order valence-electron chi connectivity index (χ1n) is 4.00. The number of anilines is 1. The lowest BCUT2D eigenvalue weighted by Crippen LogP contribution is -2.20. The van der Waals surface area contributed by atoms with Crippen LogP contribution in [0.3, 0.4) is 0 Å². The number of pyridine rings is 1. The number of nitrogens with two attached hydrogens (primary N) is 2. The van der Waals surface area contributed by atoms with Crippen LogP contribution in [0.5, 0.6) is 5.75 Å². The van der Waals surface area contributed by atoms with Gasteiger partial charge in [0, 0.05) is 6.07 Å². The Hall–Kier alpha value is -2.50.